The summed E-state index contributed by atoms with van der Waals surface area (Å²) in [5.41, 5.74) is -2.06. The maximum Gasteiger partial charge on any atom is 0.416 e. The number of aromatic nitrogens is 2. The number of benzene rings is 2. The normalized spacial score (nSPS) is 11.3. The van der Waals surface area contributed by atoms with Gasteiger partial charge in [0.1, 0.15) is 5.82 Å². The molecule has 29 heavy (non-hydrogen) atoms. The van der Waals surface area contributed by atoms with Crippen molar-refractivity contribution in [1.82, 2.24) is 9.55 Å². The van der Waals surface area contributed by atoms with E-state index < -0.39 is 34.6 Å². The van der Waals surface area contributed by atoms with Crippen LogP contribution in [0.1, 0.15) is 27.4 Å². The van der Waals surface area contributed by atoms with Gasteiger partial charge in [-0.25, -0.2) is 4.98 Å². The van der Waals surface area contributed by atoms with Crippen molar-refractivity contribution in [2.45, 2.75) is 12.6 Å². The molecule has 0 radical (unpaired) electrons. The number of anilines is 1. The first kappa shape index (κ1) is 20.1. The summed E-state index contributed by atoms with van der Waals surface area (Å²) in [6.45, 7) is 0. The zero-order valence-corrected chi connectivity index (χ0v) is 15.2. The molecule has 0 fully saturated rings. The number of hydrogen-bond acceptors (Lipinski definition) is 4. The number of carbonyl (C=O) groups excluding carboxylic acids is 1. The van der Waals surface area contributed by atoms with Gasteiger partial charge < -0.3 is 10.4 Å². The summed E-state index contributed by atoms with van der Waals surface area (Å²) in [6.07, 6.45) is -4.94. The lowest BCUT2D eigenvalue weighted by Crippen LogP contribution is -2.27. The third-order valence-electron chi connectivity index (χ3n) is 4.28. The van der Waals surface area contributed by atoms with Crippen molar-refractivity contribution in [3.05, 3.63) is 87.6 Å². The third kappa shape index (κ3) is 4.29. The van der Waals surface area contributed by atoms with Gasteiger partial charge in [0, 0.05) is 19.2 Å². The summed E-state index contributed by atoms with van der Waals surface area (Å²) in [5, 5.41) is 12.5. The fourth-order valence-electron chi connectivity index (χ4n) is 2.78. The molecule has 1 heterocycles. The first-order valence-corrected chi connectivity index (χ1v) is 8.49. The Kier molecular flexibility index (Phi) is 5.40. The van der Waals surface area contributed by atoms with Crippen LogP contribution < -0.4 is 10.9 Å². The molecule has 0 unspecified atom stereocenters. The van der Waals surface area contributed by atoms with Gasteiger partial charge >= 0.3 is 6.18 Å². The number of hydrogen-bond donors (Lipinski definition) is 2. The van der Waals surface area contributed by atoms with Crippen molar-refractivity contribution in [3.8, 4) is 5.75 Å². The van der Waals surface area contributed by atoms with E-state index in [0.717, 1.165) is 10.6 Å². The highest BCUT2D eigenvalue weighted by Gasteiger charge is 2.33. The van der Waals surface area contributed by atoms with Crippen molar-refractivity contribution in [2.24, 2.45) is 7.05 Å². The zero-order valence-electron chi connectivity index (χ0n) is 15.2. The Morgan fingerprint density at radius 1 is 1.10 bits per heavy atom. The second kappa shape index (κ2) is 7.78. The lowest BCUT2D eigenvalue weighted by atomic mass is 10.0. The Hall–Kier alpha value is -3.62. The van der Waals surface area contributed by atoms with Crippen LogP contribution in [0, 0.1) is 0 Å². The highest BCUT2D eigenvalue weighted by molar-refractivity contribution is 6.04. The Morgan fingerprint density at radius 2 is 1.72 bits per heavy atom. The average molecular weight is 403 g/mol. The molecule has 9 heteroatoms. The van der Waals surface area contributed by atoms with Gasteiger partial charge in [-0.3, -0.25) is 14.2 Å². The van der Waals surface area contributed by atoms with E-state index in [2.05, 4.69) is 10.3 Å². The predicted octanol–water partition coefficient (Wildman–Crippen LogP) is 3.35. The predicted molar refractivity (Wildman–Crippen MR) is 99.8 cm³/mol. The molecule has 1 amide bonds. The standard InChI is InChI=1S/C20H16F3N3O3/c1-26-15(11-12-7-5-6-10-14(12)20(21,22)23)25-16(17(27)19(26)29)18(28)24-13-8-3-2-4-9-13/h2-10,27H,11H2,1H3,(H,24,28). The fraction of sp³-hybridized carbons (Fsp3) is 0.150. The SMILES string of the molecule is Cn1c(Cc2ccccc2C(F)(F)F)nc(C(=O)Nc2ccccc2)c(O)c1=O. The van der Waals surface area contributed by atoms with E-state index in [1.54, 1.807) is 30.3 Å². The van der Waals surface area contributed by atoms with Crippen LogP contribution in [0.2, 0.25) is 0 Å². The molecule has 2 aromatic carbocycles. The Morgan fingerprint density at radius 3 is 2.38 bits per heavy atom. The molecular formula is C20H16F3N3O3. The molecule has 3 rings (SSSR count). The van der Waals surface area contributed by atoms with Crippen LogP contribution in [0.15, 0.2) is 59.4 Å². The summed E-state index contributed by atoms with van der Waals surface area (Å²) < 4.78 is 40.7. The fourth-order valence-corrected chi connectivity index (χ4v) is 2.78. The summed E-state index contributed by atoms with van der Waals surface area (Å²) in [4.78, 5) is 28.8. The van der Waals surface area contributed by atoms with Crippen LogP contribution in [0.5, 0.6) is 5.75 Å². The number of para-hydroxylation sites is 1. The quantitative estimate of drug-likeness (QED) is 0.700. The number of nitrogens with zero attached hydrogens (tertiary/aromatic N) is 2. The molecule has 1 aromatic heterocycles. The van der Waals surface area contributed by atoms with Crippen molar-refractivity contribution in [2.75, 3.05) is 5.32 Å². The van der Waals surface area contributed by atoms with Gasteiger partial charge in [0.05, 0.1) is 5.56 Å². The van der Waals surface area contributed by atoms with Gasteiger partial charge in [0.2, 0.25) is 5.75 Å². The van der Waals surface area contributed by atoms with Crippen LogP contribution in [0.4, 0.5) is 18.9 Å². The zero-order chi connectivity index (χ0) is 21.2. The first-order valence-electron chi connectivity index (χ1n) is 8.49. The summed E-state index contributed by atoms with van der Waals surface area (Å²) in [5.74, 6) is -1.83. The van der Waals surface area contributed by atoms with Crippen molar-refractivity contribution < 1.29 is 23.1 Å². The van der Waals surface area contributed by atoms with E-state index in [-0.39, 0.29) is 17.8 Å². The van der Waals surface area contributed by atoms with Crippen LogP contribution in [-0.2, 0) is 19.6 Å². The maximum atomic E-state index is 13.3. The number of nitrogens with one attached hydrogen (secondary N) is 1. The van der Waals surface area contributed by atoms with Crippen LogP contribution in [-0.4, -0.2) is 20.6 Å². The Labute approximate surface area is 163 Å². The van der Waals surface area contributed by atoms with Gasteiger partial charge in [-0.1, -0.05) is 36.4 Å². The number of amides is 1. The number of carbonyl (C=O) groups is 1. The molecule has 0 aliphatic rings. The van der Waals surface area contributed by atoms with E-state index in [0.29, 0.717) is 5.69 Å². The smallest absolute Gasteiger partial charge is 0.416 e. The van der Waals surface area contributed by atoms with E-state index in [4.69, 9.17) is 0 Å². The number of rotatable bonds is 4. The molecular weight excluding hydrogens is 387 g/mol. The summed E-state index contributed by atoms with van der Waals surface area (Å²) in [7, 11) is 1.26. The van der Waals surface area contributed by atoms with E-state index in [1.807, 2.05) is 0 Å². The highest BCUT2D eigenvalue weighted by Crippen LogP contribution is 2.32. The lowest BCUT2D eigenvalue weighted by Gasteiger charge is -2.15. The minimum absolute atomic E-state index is 0.0947. The van der Waals surface area contributed by atoms with Gasteiger partial charge in [-0.05, 0) is 23.8 Å². The molecule has 0 saturated heterocycles. The molecule has 2 N–H and O–H groups in total. The number of halogens is 3. The molecule has 0 bridgehead atoms. The first-order chi connectivity index (χ1) is 13.7. The minimum Gasteiger partial charge on any atom is -0.501 e. The molecule has 6 nitrogen and oxygen atoms in total. The van der Waals surface area contributed by atoms with Gasteiger partial charge in [0.25, 0.3) is 11.5 Å². The van der Waals surface area contributed by atoms with Crippen molar-refractivity contribution in [3.63, 3.8) is 0 Å². The van der Waals surface area contributed by atoms with Gasteiger partial charge in [-0.2, -0.15) is 13.2 Å². The summed E-state index contributed by atoms with van der Waals surface area (Å²) >= 11 is 0. The molecule has 150 valence electrons. The second-order valence-electron chi connectivity index (χ2n) is 6.24. The average Bonchev–Trinajstić information content (AvgIpc) is 2.68. The third-order valence-corrected chi connectivity index (χ3v) is 4.28. The second-order valence-corrected chi connectivity index (χ2v) is 6.24. The summed E-state index contributed by atoms with van der Waals surface area (Å²) in [6, 6.07) is 13.2. The molecule has 0 saturated carbocycles. The topological polar surface area (TPSA) is 84.2 Å². The molecule has 0 spiro atoms. The number of aromatic hydroxyl groups is 1. The lowest BCUT2D eigenvalue weighted by molar-refractivity contribution is -0.138. The molecule has 3 aromatic rings. The number of alkyl halides is 3. The minimum atomic E-state index is -4.58. The molecule has 0 aliphatic carbocycles. The maximum absolute atomic E-state index is 13.3. The van der Waals surface area contributed by atoms with E-state index >= 15 is 0 Å². The van der Waals surface area contributed by atoms with Crippen LogP contribution in [0.25, 0.3) is 0 Å². The van der Waals surface area contributed by atoms with Crippen molar-refractivity contribution >= 4 is 11.6 Å². The highest BCUT2D eigenvalue weighted by atomic mass is 19.4. The van der Waals surface area contributed by atoms with E-state index in [1.165, 1.54) is 25.2 Å². The monoisotopic (exact) mass is 403 g/mol. The van der Waals surface area contributed by atoms with Gasteiger partial charge in [-0.15, -0.1) is 0 Å². The molecule has 0 atom stereocenters. The molecule has 0 aliphatic heterocycles. The van der Waals surface area contributed by atoms with Gasteiger partial charge in [0.15, 0.2) is 5.69 Å². The Bertz CT molecular complexity index is 1110. The van der Waals surface area contributed by atoms with Crippen LogP contribution >= 0.6 is 0 Å². The van der Waals surface area contributed by atoms with E-state index in [9.17, 15) is 27.9 Å². The largest absolute Gasteiger partial charge is 0.501 e. The van der Waals surface area contributed by atoms with Crippen LogP contribution in [0.3, 0.4) is 0 Å². The Balaban J connectivity index is 2.02. The van der Waals surface area contributed by atoms with Crippen molar-refractivity contribution in [1.29, 1.82) is 0 Å².